The number of nitrogens with zero attached hydrogens (tertiary/aromatic N) is 2. The van der Waals surface area contributed by atoms with Crippen LogP contribution in [0.2, 0.25) is 5.02 Å². The summed E-state index contributed by atoms with van der Waals surface area (Å²) in [5.41, 5.74) is 2.36. The first kappa shape index (κ1) is 30.5. The van der Waals surface area contributed by atoms with Gasteiger partial charge in [-0.25, -0.2) is 13.4 Å². The third-order valence-corrected chi connectivity index (χ3v) is 9.31. The maximum atomic E-state index is 13.0. The smallest absolute Gasteiger partial charge is 0.251 e. The van der Waals surface area contributed by atoms with Crippen LogP contribution in [-0.4, -0.2) is 55.8 Å². The lowest BCUT2D eigenvalue weighted by Crippen LogP contribution is -2.29. The molecule has 12 heteroatoms. The molecule has 41 heavy (non-hydrogen) atoms. The van der Waals surface area contributed by atoms with Crippen molar-refractivity contribution in [2.45, 2.75) is 62.7 Å². The maximum absolute atomic E-state index is 13.0. The van der Waals surface area contributed by atoms with Crippen molar-refractivity contribution in [3.05, 3.63) is 58.7 Å². The highest BCUT2D eigenvalue weighted by atomic mass is 35.5. The van der Waals surface area contributed by atoms with Gasteiger partial charge in [0.2, 0.25) is 5.95 Å². The van der Waals surface area contributed by atoms with Gasteiger partial charge in [0, 0.05) is 12.6 Å². The minimum atomic E-state index is -3.57. The van der Waals surface area contributed by atoms with Gasteiger partial charge in [0.15, 0.2) is 15.7 Å². The molecule has 4 rings (SSSR count). The molecule has 2 aromatic carbocycles. The van der Waals surface area contributed by atoms with Crippen LogP contribution < -0.4 is 26.0 Å². The zero-order valence-corrected chi connectivity index (χ0v) is 25.5. The van der Waals surface area contributed by atoms with Gasteiger partial charge >= 0.3 is 0 Å². The van der Waals surface area contributed by atoms with Gasteiger partial charge in [-0.15, -0.1) is 0 Å². The van der Waals surface area contributed by atoms with Crippen LogP contribution in [0.5, 0.6) is 5.75 Å². The number of hydrogen-bond donors (Lipinski definition) is 4. The number of para-hydroxylation sites is 1. The normalized spacial score (nSPS) is 14.2. The first-order valence-electron chi connectivity index (χ1n) is 13.7. The number of aromatic nitrogens is 2. The van der Waals surface area contributed by atoms with E-state index < -0.39 is 15.1 Å². The summed E-state index contributed by atoms with van der Waals surface area (Å²) in [6.07, 6.45) is 3.14. The number of benzene rings is 2. The minimum Gasteiger partial charge on any atom is -0.489 e. The SMILES string of the molecule is CNC(=O)c1cc(Nc2ncc(Cl)c(Nc3ccccc3S(=O)(=O)C(C)C)n2)c(OC(C)C)cc1C1CCNCC1. The number of nitrogens with one attached hydrogen (secondary N) is 4. The highest BCUT2D eigenvalue weighted by Crippen LogP contribution is 2.38. The van der Waals surface area contributed by atoms with Crippen molar-refractivity contribution in [1.82, 2.24) is 20.6 Å². The summed E-state index contributed by atoms with van der Waals surface area (Å²) in [4.78, 5) is 22.0. The number of ether oxygens (including phenoxy) is 1. The molecule has 0 atom stereocenters. The highest BCUT2D eigenvalue weighted by Gasteiger charge is 2.25. The van der Waals surface area contributed by atoms with E-state index in [1.54, 1.807) is 51.2 Å². The van der Waals surface area contributed by atoms with Gasteiger partial charge in [-0.2, -0.15) is 4.98 Å². The van der Waals surface area contributed by atoms with Crippen molar-refractivity contribution in [2.75, 3.05) is 30.8 Å². The summed E-state index contributed by atoms with van der Waals surface area (Å²) in [5.74, 6) is 1.01. The Morgan fingerprint density at radius 2 is 1.78 bits per heavy atom. The molecule has 4 N–H and O–H groups in total. The van der Waals surface area contributed by atoms with Gasteiger partial charge < -0.3 is 26.0 Å². The lowest BCUT2D eigenvalue weighted by molar-refractivity contribution is 0.0961. The fourth-order valence-electron chi connectivity index (χ4n) is 4.68. The number of carbonyl (C=O) groups excluding carboxylic acids is 1. The van der Waals surface area contributed by atoms with Crippen molar-refractivity contribution in [3.8, 4) is 5.75 Å². The topological polar surface area (TPSA) is 134 Å². The average Bonchev–Trinajstić information content (AvgIpc) is 2.95. The number of halogens is 1. The molecule has 10 nitrogen and oxygen atoms in total. The van der Waals surface area contributed by atoms with Crippen LogP contribution >= 0.6 is 11.6 Å². The molecule has 2 heterocycles. The van der Waals surface area contributed by atoms with E-state index in [1.165, 1.54) is 6.20 Å². The van der Waals surface area contributed by atoms with Gasteiger partial charge in [-0.05, 0) is 89.4 Å². The Kier molecular flexibility index (Phi) is 9.72. The molecule has 1 aromatic heterocycles. The molecule has 0 saturated carbocycles. The van der Waals surface area contributed by atoms with Gasteiger partial charge in [0.25, 0.3) is 5.91 Å². The second-order valence-corrected chi connectivity index (χ2v) is 13.3. The number of piperidine rings is 1. The van der Waals surface area contributed by atoms with Crippen LogP contribution in [0.4, 0.5) is 23.1 Å². The minimum absolute atomic E-state index is 0.120. The molecule has 1 saturated heterocycles. The molecule has 0 bridgehead atoms. The number of hydrogen-bond acceptors (Lipinski definition) is 9. The molecule has 1 amide bonds. The number of amides is 1. The van der Waals surface area contributed by atoms with Crippen LogP contribution in [0.15, 0.2) is 47.5 Å². The number of anilines is 4. The Bertz CT molecular complexity index is 1510. The predicted molar refractivity (Wildman–Crippen MR) is 163 cm³/mol. The monoisotopic (exact) mass is 600 g/mol. The van der Waals surface area contributed by atoms with Gasteiger partial charge in [0.05, 0.1) is 33.8 Å². The Morgan fingerprint density at radius 1 is 1.07 bits per heavy atom. The average molecular weight is 601 g/mol. The number of sulfone groups is 1. The summed E-state index contributed by atoms with van der Waals surface area (Å²) < 4.78 is 32.1. The van der Waals surface area contributed by atoms with Crippen molar-refractivity contribution in [3.63, 3.8) is 0 Å². The van der Waals surface area contributed by atoms with Crippen molar-refractivity contribution < 1.29 is 17.9 Å². The van der Waals surface area contributed by atoms with Gasteiger partial charge in [-0.3, -0.25) is 4.79 Å². The zero-order valence-electron chi connectivity index (χ0n) is 23.9. The molecule has 1 aliphatic rings. The molecule has 220 valence electrons. The number of carbonyl (C=O) groups is 1. The molecular weight excluding hydrogens is 564 g/mol. The first-order chi connectivity index (χ1) is 19.5. The Labute approximate surface area is 246 Å². The van der Waals surface area contributed by atoms with Crippen LogP contribution in [0.1, 0.15) is 62.4 Å². The van der Waals surface area contributed by atoms with E-state index in [0.717, 1.165) is 31.5 Å². The van der Waals surface area contributed by atoms with Crippen LogP contribution in [-0.2, 0) is 9.84 Å². The van der Waals surface area contributed by atoms with E-state index in [9.17, 15) is 13.2 Å². The van der Waals surface area contributed by atoms with Crippen LogP contribution in [0, 0.1) is 0 Å². The largest absolute Gasteiger partial charge is 0.489 e. The zero-order chi connectivity index (χ0) is 29.7. The van der Waals surface area contributed by atoms with E-state index in [-0.39, 0.29) is 39.6 Å². The maximum Gasteiger partial charge on any atom is 0.251 e. The summed E-state index contributed by atoms with van der Waals surface area (Å²) >= 11 is 6.42. The van der Waals surface area contributed by atoms with Crippen LogP contribution in [0.3, 0.4) is 0 Å². The van der Waals surface area contributed by atoms with Crippen molar-refractivity contribution in [1.29, 1.82) is 0 Å². The second-order valence-electron chi connectivity index (χ2n) is 10.4. The Balaban J connectivity index is 1.73. The fourth-order valence-corrected chi connectivity index (χ4v) is 6.02. The van der Waals surface area contributed by atoms with Crippen molar-refractivity contribution >= 4 is 50.5 Å². The highest BCUT2D eigenvalue weighted by molar-refractivity contribution is 7.92. The Hall–Kier alpha value is -3.41. The summed E-state index contributed by atoms with van der Waals surface area (Å²) in [5, 5.41) is 12.0. The molecular formula is C29H37ClN6O4S. The van der Waals surface area contributed by atoms with Crippen molar-refractivity contribution in [2.24, 2.45) is 0 Å². The van der Waals surface area contributed by atoms with E-state index >= 15 is 0 Å². The summed E-state index contributed by atoms with van der Waals surface area (Å²) in [6, 6.07) is 10.3. The molecule has 1 aliphatic heterocycles. The van der Waals surface area contributed by atoms with Gasteiger partial charge in [0.1, 0.15) is 10.8 Å². The lowest BCUT2D eigenvalue weighted by atomic mass is 9.86. The third-order valence-electron chi connectivity index (χ3n) is 6.82. The van der Waals surface area contributed by atoms with E-state index in [1.807, 2.05) is 19.9 Å². The van der Waals surface area contributed by atoms with Crippen LogP contribution in [0.25, 0.3) is 0 Å². The molecule has 0 spiro atoms. The third kappa shape index (κ3) is 7.09. The fraction of sp³-hybridized carbons (Fsp3) is 0.414. The quantitative estimate of drug-likeness (QED) is 0.241. The molecule has 0 radical (unpaired) electrons. The molecule has 3 aromatic rings. The van der Waals surface area contributed by atoms with E-state index in [0.29, 0.717) is 22.7 Å². The van der Waals surface area contributed by atoms with Gasteiger partial charge in [-0.1, -0.05) is 23.7 Å². The summed E-state index contributed by atoms with van der Waals surface area (Å²) in [6.45, 7) is 8.90. The summed E-state index contributed by atoms with van der Waals surface area (Å²) in [7, 11) is -1.96. The standard InChI is InChI=1S/C29H37ClN6O4S/c1-17(2)40-25-15-20(19-10-12-32-13-11-19)21(28(37)31-5)14-24(25)35-29-33-16-22(30)27(36-29)34-23-8-6-7-9-26(23)41(38,39)18(3)4/h6-9,14-19,32H,10-13H2,1-5H3,(H,31,37)(H2,33,34,35,36). The molecule has 0 unspecified atom stereocenters. The predicted octanol–water partition coefficient (Wildman–Crippen LogP) is 5.41. The lowest BCUT2D eigenvalue weighted by Gasteiger charge is -2.26. The van der Waals surface area contributed by atoms with E-state index in [4.69, 9.17) is 16.3 Å². The molecule has 0 aliphatic carbocycles. The van der Waals surface area contributed by atoms with E-state index in [2.05, 4.69) is 31.2 Å². The first-order valence-corrected chi connectivity index (χ1v) is 15.6. The Morgan fingerprint density at radius 3 is 2.44 bits per heavy atom. The number of rotatable bonds is 10. The second kappa shape index (κ2) is 13.1. The molecule has 1 fully saturated rings.